The molecule has 1 N–H and O–H groups in total. The van der Waals surface area contributed by atoms with Crippen molar-refractivity contribution in [3.63, 3.8) is 0 Å². The van der Waals surface area contributed by atoms with Crippen LogP contribution in [0.2, 0.25) is 0 Å². The first-order valence-corrected chi connectivity index (χ1v) is 6.97. The Morgan fingerprint density at radius 2 is 2.15 bits per heavy atom. The number of hydrogen-bond acceptors (Lipinski definition) is 3. The number of fused-ring (bicyclic) bond motifs is 1. The molecule has 0 aliphatic heterocycles. The maximum absolute atomic E-state index is 5.12. The predicted octanol–water partition coefficient (Wildman–Crippen LogP) is 3.10. The Kier molecular flexibility index (Phi) is 3.56. The number of rotatable bonds is 5. The molecule has 4 heteroatoms. The number of nitrogens with zero attached hydrogens (tertiary/aromatic N) is 2. The van der Waals surface area contributed by atoms with Crippen molar-refractivity contribution in [2.75, 3.05) is 6.54 Å². The van der Waals surface area contributed by atoms with Crippen molar-refractivity contribution in [2.45, 2.75) is 26.9 Å². The summed E-state index contributed by atoms with van der Waals surface area (Å²) in [6, 6.07) is 10.7. The minimum Gasteiger partial charge on any atom is -0.361 e. The summed E-state index contributed by atoms with van der Waals surface area (Å²) in [7, 11) is 0. The van der Waals surface area contributed by atoms with Crippen LogP contribution in [-0.4, -0.2) is 16.3 Å². The van der Waals surface area contributed by atoms with E-state index >= 15 is 0 Å². The Balaban J connectivity index is 1.85. The highest BCUT2D eigenvalue weighted by molar-refractivity contribution is 5.81. The monoisotopic (exact) mass is 269 g/mol. The van der Waals surface area contributed by atoms with Crippen LogP contribution in [0, 0.1) is 6.92 Å². The molecule has 20 heavy (non-hydrogen) atoms. The van der Waals surface area contributed by atoms with Crippen LogP contribution in [0.15, 0.2) is 41.1 Å². The molecule has 104 valence electrons. The van der Waals surface area contributed by atoms with E-state index in [0.717, 1.165) is 31.1 Å². The zero-order valence-electron chi connectivity index (χ0n) is 11.9. The second-order valence-corrected chi connectivity index (χ2v) is 5.05. The van der Waals surface area contributed by atoms with Gasteiger partial charge in [-0.05, 0) is 42.6 Å². The number of hydrogen-bond donors (Lipinski definition) is 1. The SMILES string of the molecule is CCNCc1ccc2c(ccn2Cc2cc(C)on2)c1. The van der Waals surface area contributed by atoms with E-state index in [1.807, 2.05) is 13.0 Å². The van der Waals surface area contributed by atoms with Gasteiger partial charge in [-0.1, -0.05) is 18.1 Å². The van der Waals surface area contributed by atoms with Crippen molar-refractivity contribution >= 4 is 10.9 Å². The van der Waals surface area contributed by atoms with Crippen LogP contribution in [0.1, 0.15) is 23.9 Å². The minimum absolute atomic E-state index is 0.743. The van der Waals surface area contributed by atoms with E-state index in [2.05, 4.69) is 52.4 Å². The second kappa shape index (κ2) is 5.51. The Morgan fingerprint density at radius 1 is 1.25 bits per heavy atom. The molecular formula is C16H19N3O. The number of aryl methyl sites for hydroxylation is 1. The highest BCUT2D eigenvalue weighted by Crippen LogP contribution is 2.19. The molecule has 0 saturated heterocycles. The molecule has 0 radical (unpaired) electrons. The van der Waals surface area contributed by atoms with Gasteiger partial charge in [0.2, 0.25) is 0 Å². The summed E-state index contributed by atoms with van der Waals surface area (Å²) in [6.45, 7) is 6.68. The van der Waals surface area contributed by atoms with Crippen molar-refractivity contribution < 1.29 is 4.52 Å². The highest BCUT2D eigenvalue weighted by Gasteiger charge is 2.05. The molecule has 0 unspecified atom stereocenters. The highest BCUT2D eigenvalue weighted by atomic mass is 16.5. The summed E-state index contributed by atoms with van der Waals surface area (Å²) < 4.78 is 7.32. The van der Waals surface area contributed by atoms with Crippen LogP contribution in [0.4, 0.5) is 0 Å². The lowest BCUT2D eigenvalue weighted by Crippen LogP contribution is -2.11. The molecule has 4 nitrogen and oxygen atoms in total. The number of nitrogens with one attached hydrogen (secondary N) is 1. The van der Waals surface area contributed by atoms with Gasteiger partial charge in [0.25, 0.3) is 0 Å². The zero-order valence-corrected chi connectivity index (χ0v) is 11.9. The molecule has 0 fully saturated rings. The van der Waals surface area contributed by atoms with Crippen LogP contribution in [0.5, 0.6) is 0 Å². The molecule has 0 saturated carbocycles. The van der Waals surface area contributed by atoms with E-state index in [1.54, 1.807) is 0 Å². The average Bonchev–Trinajstić information content (AvgIpc) is 3.04. The van der Waals surface area contributed by atoms with Crippen LogP contribution in [0.3, 0.4) is 0 Å². The number of aromatic nitrogens is 2. The molecule has 3 aromatic rings. The maximum atomic E-state index is 5.12. The molecule has 0 aliphatic rings. The van der Waals surface area contributed by atoms with Gasteiger partial charge >= 0.3 is 0 Å². The fourth-order valence-corrected chi connectivity index (χ4v) is 2.43. The van der Waals surface area contributed by atoms with Crippen LogP contribution in [0.25, 0.3) is 10.9 Å². The first kappa shape index (κ1) is 12.9. The van der Waals surface area contributed by atoms with Gasteiger partial charge in [-0.3, -0.25) is 0 Å². The van der Waals surface area contributed by atoms with E-state index in [1.165, 1.54) is 16.5 Å². The molecule has 0 bridgehead atoms. The van der Waals surface area contributed by atoms with Crippen molar-refractivity contribution in [1.29, 1.82) is 0 Å². The topological polar surface area (TPSA) is 43.0 Å². The van der Waals surface area contributed by atoms with Gasteiger partial charge in [0.1, 0.15) is 11.5 Å². The van der Waals surface area contributed by atoms with Gasteiger partial charge in [-0.25, -0.2) is 0 Å². The fourth-order valence-electron chi connectivity index (χ4n) is 2.43. The van der Waals surface area contributed by atoms with Gasteiger partial charge in [0.05, 0.1) is 6.54 Å². The Labute approximate surface area is 118 Å². The van der Waals surface area contributed by atoms with Gasteiger partial charge < -0.3 is 14.4 Å². The van der Waals surface area contributed by atoms with E-state index in [4.69, 9.17) is 4.52 Å². The zero-order chi connectivity index (χ0) is 13.9. The van der Waals surface area contributed by atoms with Crippen LogP contribution >= 0.6 is 0 Å². The summed E-state index contributed by atoms with van der Waals surface area (Å²) in [5.41, 5.74) is 3.50. The first-order chi connectivity index (χ1) is 9.76. The average molecular weight is 269 g/mol. The summed E-state index contributed by atoms with van der Waals surface area (Å²) in [6.07, 6.45) is 2.10. The molecule has 0 spiro atoms. The standard InChI is InChI=1S/C16H19N3O/c1-3-17-10-13-4-5-16-14(9-13)6-7-19(16)11-15-8-12(2)20-18-15/h4-9,17H,3,10-11H2,1-2H3. The van der Waals surface area contributed by atoms with Gasteiger partial charge in [-0.15, -0.1) is 0 Å². The van der Waals surface area contributed by atoms with Gasteiger partial charge in [-0.2, -0.15) is 0 Å². The van der Waals surface area contributed by atoms with Crippen LogP contribution < -0.4 is 5.32 Å². The molecule has 2 aromatic heterocycles. The summed E-state index contributed by atoms with van der Waals surface area (Å²) in [5, 5.41) is 8.66. The van der Waals surface area contributed by atoms with E-state index < -0.39 is 0 Å². The molecule has 3 rings (SSSR count). The smallest absolute Gasteiger partial charge is 0.133 e. The number of benzene rings is 1. The minimum atomic E-state index is 0.743. The lowest BCUT2D eigenvalue weighted by atomic mass is 10.1. The molecule has 0 amide bonds. The van der Waals surface area contributed by atoms with Crippen molar-refractivity contribution in [2.24, 2.45) is 0 Å². The summed E-state index contributed by atoms with van der Waals surface area (Å²) in [4.78, 5) is 0. The predicted molar refractivity (Wildman–Crippen MR) is 79.7 cm³/mol. The molecule has 1 aromatic carbocycles. The van der Waals surface area contributed by atoms with Crippen molar-refractivity contribution in [3.8, 4) is 0 Å². The normalized spacial score (nSPS) is 11.3. The van der Waals surface area contributed by atoms with Crippen molar-refractivity contribution in [1.82, 2.24) is 15.0 Å². The lowest BCUT2D eigenvalue weighted by molar-refractivity contribution is 0.389. The lowest BCUT2D eigenvalue weighted by Gasteiger charge is -2.05. The molecule has 0 atom stereocenters. The quantitative estimate of drug-likeness (QED) is 0.774. The third-order valence-electron chi connectivity index (χ3n) is 3.42. The molecule has 0 aliphatic carbocycles. The molecule has 2 heterocycles. The van der Waals surface area contributed by atoms with Crippen LogP contribution in [-0.2, 0) is 13.1 Å². The Hall–Kier alpha value is -2.07. The summed E-state index contributed by atoms with van der Waals surface area (Å²) >= 11 is 0. The van der Waals surface area contributed by atoms with E-state index in [-0.39, 0.29) is 0 Å². The second-order valence-electron chi connectivity index (χ2n) is 5.05. The van der Waals surface area contributed by atoms with Gasteiger partial charge in [0.15, 0.2) is 0 Å². The Morgan fingerprint density at radius 3 is 2.90 bits per heavy atom. The maximum Gasteiger partial charge on any atom is 0.133 e. The third-order valence-corrected chi connectivity index (χ3v) is 3.42. The summed E-state index contributed by atoms with van der Waals surface area (Å²) in [5.74, 6) is 0.851. The van der Waals surface area contributed by atoms with E-state index in [9.17, 15) is 0 Å². The van der Waals surface area contributed by atoms with E-state index in [0.29, 0.717) is 0 Å². The Bertz CT molecular complexity index is 711. The third kappa shape index (κ3) is 2.60. The molecular weight excluding hydrogens is 250 g/mol. The van der Waals surface area contributed by atoms with Gasteiger partial charge in [0, 0.05) is 24.3 Å². The first-order valence-electron chi connectivity index (χ1n) is 6.97. The fraction of sp³-hybridized carbons (Fsp3) is 0.312. The van der Waals surface area contributed by atoms with Crippen molar-refractivity contribution in [3.05, 3.63) is 53.5 Å². The largest absolute Gasteiger partial charge is 0.361 e.